The summed E-state index contributed by atoms with van der Waals surface area (Å²) in [6, 6.07) is 11.8. The third-order valence-corrected chi connectivity index (χ3v) is 5.48. The van der Waals surface area contributed by atoms with Crippen LogP contribution in [0.4, 0.5) is 0 Å². The highest BCUT2D eigenvalue weighted by atomic mass is 79.9. The highest BCUT2D eigenvalue weighted by Gasteiger charge is 2.45. The van der Waals surface area contributed by atoms with Crippen molar-refractivity contribution in [1.29, 1.82) is 0 Å². The van der Waals surface area contributed by atoms with E-state index in [-0.39, 0.29) is 24.5 Å². The van der Waals surface area contributed by atoms with Crippen LogP contribution in [0.15, 0.2) is 52.5 Å². The molecule has 2 aromatic carbocycles. The first-order valence-corrected chi connectivity index (χ1v) is 9.86. The summed E-state index contributed by atoms with van der Waals surface area (Å²) >= 11 is 3.40. The zero-order chi connectivity index (χ0) is 21.1. The van der Waals surface area contributed by atoms with Crippen LogP contribution in [0.5, 0.6) is 5.75 Å². The maximum atomic E-state index is 12.9. The molecule has 152 valence electrons. The maximum absolute atomic E-state index is 12.9. The number of hydrogen-bond donors (Lipinski definition) is 1. The van der Waals surface area contributed by atoms with E-state index in [1.807, 2.05) is 31.2 Å². The van der Waals surface area contributed by atoms with Crippen LogP contribution in [0, 0.1) is 6.92 Å². The molecule has 0 bridgehead atoms. The van der Waals surface area contributed by atoms with E-state index in [1.54, 1.807) is 25.3 Å². The van der Waals surface area contributed by atoms with Crippen molar-refractivity contribution in [1.82, 2.24) is 4.90 Å². The van der Waals surface area contributed by atoms with Crippen LogP contribution in [0.1, 0.15) is 22.7 Å². The summed E-state index contributed by atoms with van der Waals surface area (Å²) in [7, 11) is 3.09. The second kappa shape index (κ2) is 8.80. The highest BCUT2D eigenvalue weighted by molar-refractivity contribution is 9.10. The second-order valence-corrected chi connectivity index (χ2v) is 7.63. The molecule has 29 heavy (non-hydrogen) atoms. The largest absolute Gasteiger partial charge is 0.507 e. The Bertz CT molecular complexity index is 968. The van der Waals surface area contributed by atoms with Crippen LogP contribution in [0.3, 0.4) is 0 Å². The summed E-state index contributed by atoms with van der Waals surface area (Å²) in [5.41, 5.74) is 2.02. The first-order chi connectivity index (χ1) is 13.9. The molecule has 3 rings (SSSR count). The molecule has 2 aromatic rings. The van der Waals surface area contributed by atoms with E-state index in [0.717, 1.165) is 15.6 Å². The average molecular weight is 460 g/mol. The lowest BCUT2D eigenvalue weighted by molar-refractivity contribution is -0.140. The summed E-state index contributed by atoms with van der Waals surface area (Å²) in [6.07, 6.45) is 0. The van der Waals surface area contributed by atoms with Crippen LogP contribution in [-0.4, -0.2) is 49.1 Å². The van der Waals surface area contributed by atoms with Crippen molar-refractivity contribution in [2.45, 2.75) is 13.0 Å². The molecule has 1 atom stereocenters. The van der Waals surface area contributed by atoms with Crippen molar-refractivity contribution in [2.24, 2.45) is 0 Å². The van der Waals surface area contributed by atoms with Crippen LogP contribution in [0.2, 0.25) is 0 Å². The van der Waals surface area contributed by atoms with Crippen molar-refractivity contribution in [3.8, 4) is 5.75 Å². The minimum atomic E-state index is -0.707. The first-order valence-electron chi connectivity index (χ1n) is 9.06. The number of halogens is 1. The number of likely N-dealkylation sites (tertiary alicyclic amines) is 1. The number of amides is 1. The molecule has 1 N–H and O–H groups in total. The van der Waals surface area contributed by atoms with Gasteiger partial charge in [-0.25, -0.2) is 0 Å². The fraction of sp³-hybridized carbons (Fsp3) is 0.273. The number of aliphatic hydroxyl groups excluding tert-OH is 1. The van der Waals surface area contributed by atoms with Gasteiger partial charge in [-0.2, -0.15) is 0 Å². The van der Waals surface area contributed by atoms with E-state index in [2.05, 4.69) is 15.9 Å². The third-order valence-electron chi connectivity index (χ3n) is 4.95. The number of hydrogen-bond acceptors (Lipinski definition) is 5. The number of aliphatic hydroxyl groups is 1. The van der Waals surface area contributed by atoms with E-state index >= 15 is 0 Å². The number of benzene rings is 2. The molecule has 0 aromatic heterocycles. The predicted molar refractivity (Wildman–Crippen MR) is 113 cm³/mol. The molecule has 1 saturated heterocycles. The predicted octanol–water partition coefficient (Wildman–Crippen LogP) is 3.83. The topological polar surface area (TPSA) is 76.1 Å². The molecule has 0 spiro atoms. The Morgan fingerprint density at radius 1 is 1.14 bits per heavy atom. The minimum absolute atomic E-state index is 0.0710. The lowest BCUT2D eigenvalue weighted by Gasteiger charge is -2.25. The van der Waals surface area contributed by atoms with Crippen molar-refractivity contribution in [3.05, 3.63) is 69.2 Å². The Hall–Kier alpha value is -2.64. The van der Waals surface area contributed by atoms with Gasteiger partial charge in [0.05, 0.1) is 25.3 Å². The molecule has 6 nitrogen and oxygen atoms in total. The number of nitrogens with zero attached hydrogens (tertiary/aromatic N) is 1. The summed E-state index contributed by atoms with van der Waals surface area (Å²) in [5.74, 6) is -0.912. The molecule has 1 aliphatic rings. The summed E-state index contributed by atoms with van der Waals surface area (Å²) in [6.45, 7) is 2.33. The smallest absolute Gasteiger partial charge is 0.295 e. The number of rotatable bonds is 6. The number of methoxy groups -OCH3 is 2. The number of Topliss-reactive ketones (excluding diaryl/α,β-unsaturated/α-hetero) is 1. The van der Waals surface area contributed by atoms with Crippen molar-refractivity contribution in [3.63, 3.8) is 0 Å². The number of ketones is 1. The summed E-state index contributed by atoms with van der Waals surface area (Å²) < 4.78 is 11.2. The second-order valence-electron chi connectivity index (χ2n) is 6.72. The monoisotopic (exact) mass is 459 g/mol. The zero-order valence-corrected chi connectivity index (χ0v) is 18.0. The summed E-state index contributed by atoms with van der Waals surface area (Å²) in [4.78, 5) is 27.1. The molecule has 1 amide bonds. The van der Waals surface area contributed by atoms with E-state index in [4.69, 9.17) is 9.47 Å². The molecule has 0 radical (unpaired) electrons. The molecule has 1 aliphatic heterocycles. The average Bonchev–Trinajstić information content (AvgIpc) is 2.96. The molecule has 1 fully saturated rings. The lowest BCUT2D eigenvalue weighted by atomic mass is 9.94. The van der Waals surface area contributed by atoms with E-state index in [9.17, 15) is 14.7 Å². The van der Waals surface area contributed by atoms with Gasteiger partial charge in [0.15, 0.2) is 0 Å². The normalized spacial score (nSPS) is 18.3. The summed E-state index contributed by atoms with van der Waals surface area (Å²) in [5, 5.41) is 11.1. The van der Waals surface area contributed by atoms with Gasteiger partial charge < -0.3 is 19.5 Å². The van der Waals surface area contributed by atoms with Crippen LogP contribution >= 0.6 is 15.9 Å². The fourth-order valence-electron chi connectivity index (χ4n) is 3.47. The van der Waals surface area contributed by atoms with Gasteiger partial charge in [0, 0.05) is 23.7 Å². The molecule has 0 unspecified atom stereocenters. The van der Waals surface area contributed by atoms with Gasteiger partial charge in [0.1, 0.15) is 11.5 Å². The van der Waals surface area contributed by atoms with Gasteiger partial charge in [-0.3, -0.25) is 9.59 Å². The maximum Gasteiger partial charge on any atom is 0.295 e. The van der Waals surface area contributed by atoms with Gasteiger partial charge in [-0.1, -0.05) is 28.1 Å². The van der Waals surface area contributed by atoms with Crippen molar-refractivity contribution < 1.29 is 24.2 Å². The van der Waals surface area contributed by atoms with Gasteiger partial charge in [-0.05, 0) is 48.4 Å². The van der Waals surface area contributed by atoms with Gasteiger partial charge in [0.2, 0.25) is 0 Å². The number of carbonyl (C=O) groups is 2. The molecular weight excluding hydrogens is 438 g/mol. The Kier molecular flexibility index (Phi) is 6.39. The Morgan fingerprint density at radius 3 is 2.41 bits per heavy atom. The van der Waals surface area contributed by atoms with Gasteiger partial charge in [-0.15, -0.1) is 0 Å². The minimum Gasteiger partial charge on any atom is -0.507 e. The standard InChI is InChI=1S/C22H22BrNO5/c1-13-12-16(29-3)8-9-17(13)20(25)18-19(14-4-6-15(23)7-5-14)24(10-11-28-2)22(27)21(18)26/h4-9,12,19,25H,10-11H2,1-3H3/b20-18+/t19-/m1/s1. The number of ether oxygens (including phenoxy) is 2. The number of carbonyl (C=O) groups excluding carboxylic acids is 2. The van der Waals surface area contributed by atoms with Crippen molar-refractivity contribution in [2.75, 3.05) is 27.4 Å². The van der Waals surface area contributed by atoms with Gasteiger partial charge >= 0.3 is 0 Å². The van der Waals surface area contributed by atoms with Crippen molar-refractivity contribution >= 4 is 33.4 Å². The van der Waals surface area contributed by atoms with Crippen LogP contribution in [-0.2, 0) is 14.3 Å². The van der Waals surface area contributed by atoms with Gasteiger partial charge in [0.25, 0.3) is 11.7 Å². The van der Waals surface area contributed by atoms with E-state index in [0.29, 0.717) is 11.3 Å². The zero-order valence-electron chi connectivity index (χ0n) is 16.4. The molecule has 0 aliphatic carbocycles. The number of aryl methyl sites for hydroxylation is 1. The molecule has 7 heteroatoms. The Balaban J connectivity index is 2.17. The molecular formula is C22H22BrNO5. The van der Waals surface area contributed by atoms with Crippen LogP contribution < -0.4 is 4.74 Å². The quantitative estimate of drug-likeness (QED) is 0.403. The van der Waals surface area contributed by atoms with E-state index in [1.165, 1.54) is 12.0 Å². The third kappa shape index (κ3) is 4.06. The SMILES string of the molecule is COCCN1C(=O)C(=O)/C(=C(/O)c2ccc(OC)cc2C)[C@H]1c1ccc(Br)cc1. The van der Waals surface area contributed by atoms with Crippen LogP contribution in [0.25, 0.3) is 5.76 Å². The fourth-order valence-corrected chi connectivity index (χ4v) is 3.73. The Morgan fingerprint density at radius 2 is 1.83 bits per heavy atom. The van der Waals surface area contributed by atoms with E-state index < -0.39 is 17.7 Å². The molecule has 0 saturated carbocycles. The lowest BCUT2D eigenvalue weighted by Crippen LogP contribution is -2.32. The molecule has 1 heterocycles. The Labute approximate surface area is 177 Å². The first kappa shape index (κ1) is 21.1. The highest BCUT2D eigenvalue weighted by Crippen LogP contribution is 2.40.